The van der Waals surface area contributed by atoms with Gasteiger partial charge in [0.1, 0.15) is 5.75 Å². The average Bonchev–Trinajstić information content (AvgIpc) is 3.10. The summed E-state index contributed by atoms with van der Waals surface area (Å²) in [6.07, 6.45) is 6.47. The van der Waals surface area contributed by atoms with Crippen LogP contribution in [0.2, 0.25) is 64.5 Å². The van der Waals surface area contributed by atoms with Crippen LogP contribution in [0.1, 0.15) is 12.0 Å². The lowest BCUT2D eigenvalue weighted by atomic mass is 9.95. The van der Waals surface area contributed by atoms with Crippen molar-refractivity contribution in [2.45, 2.75) is 76.1 Å². The molecule has 2 aliphatic rings. The van der Waals surface area contributed by atoms with Crippen LogP contribution in [0, 0.1) is 5.92 Å². The molecule has 0 amide bonds. The van der Waals surface area contributed by atoms with Crippen LogP contribution in [0.4, 0.5) is 0 Å². The van der Waals surface area contributed by atoms with Gasteiger partial charge in [0.15, 0.2) is 8.32 Å². The molecule has 1 heterocycles. The van der Waals surface area contributed by atoms with Crippen LogP contribution in [0.25, 0.3) is 0 Å². The molecule has 3 unspecified atom stereocenters. The molecule has 0 N–H and O–H groups in total. The Balaban J connectivity index is 2.39. The maximum absolute atomic E-state index is 7.53. The van der Waals surface area contributed by atoms with Gasteiger partial charge in [-0.2, -0.15) is 0 Å². The highest BCUT2D eigenvalue weighted by atomic mass is 29.6. The summed E-state index contributed by atoms with van der Waals surface area (Å²) >= 11 is 0. The van der Waals surface area contributed by atoms with Crippen molar-refractivity contribution in [1.82, 2.24) is 0 Å². The quantitative estimate of drug-likeness (QED) is 0.364. The summed E-state index contributed by atoms with van der Waals surface area (Å²) in [5, 5.41) is -0.0574. The molecular weight excluding hydrogens is 409 g/mol. The van der Waals surface area contributed by atoms with Crippen molar-refractivity contribution < 1.29 is 9.16 Å². The maximum atomic E-state index is 7.53. The zero-order chi connectivity index (χ0) is 21.2. The fourth-order valence-corrected chi connectivity index (χ4v) is 64.2. The molecule has 1 aromatic carbocycles. The summed E-state index contributed by atoms with van der Waals surface area (Å²) in [6.45, 7) is 23.2. The van der Waals surface area contributed by atoms with E-state index in [4.69, 9.17) is 9.16 Å². The highest BCUT2D eigenvalue weighted by molar-refractivity contribution is 7.70. The molecule has 1 saturated heterocycles. The Morgan fingerprint density at radius 2 is 1.39 bits per heavy atom. The molecule has 0 spiro atoms. The molecule has 6 heteroatoms. The molecule has 0 aromatic heterocycles. The van der Waals surface area contributed by atoms with E-state index in [1.54, 1.807) is 7.11 Å². The van der Waals surface area contributed by atoms with E-state index in [0.717, 1.165) is 11.3 Å². The van der Waals surface area contributed by atoms with E-state index in [1.165, 1.54) is 12.0 Å². The highest BCUT2D eigenvalue weighted by Crippen LogP contribution is 2.67. The van der Waals surface area contributed by atoms with Gasteiger partial charge in [0.05, 0.1) is 19.4 Å². The fourth-order valence-electron chi connectivity index (χ4n) is 7.22. The van der Waals surface area contributed by atoms with E-state index < -0.39 is 30.6 Å². The first kappa shape index (κ1) is 22.3. The van der Waals surface area contributed by atoms with E-state index >= 15 is 0 Å². The first-order chi connectivity index (χ1) is 12.7. The van der Waals surface area contributed by atoms with Gasteiger partial charge >= 0.3 is 0 Å². The van der Waals surface area contributed by atoms with Crippen molar-refractivity contribution >= 4 is 30.6 Å². The largest absolute Gasteiger partial charge is 0.497 e. The zero-order valence-electron chi connectivity index (χ0n) is 19.6. The van der Waals surface area contributed by atoms with Crippen molar-refractivity contribution in [2.24, 2.45) is 5.92 Å². The third-order valence-corrected chi connectivity index (χ3v) is 48.6. The van der Waals surface area contributed by atoms with Gasteiger partial charge in [-0.05, 0) is 49.3 Å². The number of allylic oxidation sites excluding steroid dienone is 1. The minimum absolute atomic E-state index is 0.0574. The normalized spacial score (nSPS) is 29.4. The van der Waals surface area contributed by atoms with E-state index in [9.17, 15) is 0 Å². The molecule has 1 aliphatic heterocycles. The van der Waals surface area contributed by atoms with E-state index in [1.807, 2.05) is 0 Å². The number of fused-ring (bicyclic) bond motifs is 2. The number of ether oxygens (including phenoxy) is 1. The van der Waals surface area contributed by atoms with E-state index in [-0.39, 0.29) is 5.22 Å². The Morgan fingerprint density at radius 3 is 1.82 bits per heavy atom. The van der Waals surface area contributed by atoms with Crippen LogP contribution in [0.15, 0.2) is 36.4 Å². The van der Waals surface area contributed by atoms with E-state index in [2.05, 4.69) is 95.3 Å². The molecule has 2 nitrogen and oxygen atoms in total. The van der Waals surface area contributed by atoms with E-state index in [0.29, 0.717) is 5.92 Å². The highest BCUT2D eigenvalue weighted by Gasteiger charge is 2.77. The molecule has 1 aromatic rings. The van der Waals surface area contributed by atoms with Crippen LogP contribution in [0.3, 0.4) is 0 Å². The average molecular weight is 449 g/mol. The van der Waals surface area contributed by atoms with Crippen LogP contribution in [0.5, 0.6) is 5.75 Å². The monoisotopic (exact) mass is 448 g/mol. The summed E-state index contributed by atoms with van der Waals surface area (Å²) in [5.41, 5.74) is 2.23. The van der Waals surface area contributed by atoms with Crippen molar-refractivity contribution in [1.29, 1.82) is 0 Å². The number of rotatable bonds is 6. The summed E-state index contributed by atoms with van der Waals surface area (Å²) in [4.78, 5) is 0. The van der Waals surface area contributed by atoms with Gasteiger partial charge in [-0.3, -0.25) is 0 Å². The van der Waals surface area contributed by atoms with Gasteiger partial charge in [0, 0.05) is 21.1 Å². The van der Waals surface area contributed by atoms with Crippen molar-refractivity contribution in [2.75, 3.05) is 7.11 Å². The zero-order valence-corrected chi connectivity index (χ0v) is 23.6. The Hall–Kier alpha value is -0.412. The number of methoxy groups -OCH3 is 1. The SMILES string of the molecule is COc1ccc(C2(O[Si](C)(C)C)C3C=CC(C3)[Si]2([Si](C)(C)C)[Si](C)(C)C)cc1. The molecule has 3 rings (SSSR count). The van der Waals surface area contributed by atoms with Gasteiger partial charge in [0.2, 0.25) is 0 Å². The van der Waals surface area contributed by atoms with Crippen LogP contribution < -0.4 is 4.74 Å². The number of benzene rings is 1. The maximum Gasteiger partial charge on any atom is 0.184 e. The van der Waals surface area contributed by atoms with Crippen molar-refractivity contribution in [3.63, 3.8) is 0 Å². The Morgan fingerprint density at radius 1 is 0.857 bits per heavy atom. The lowest BCUT2D eigenvalue weighted by Gasteiger charge is -2.63. The Kier molecular flexibility index (Phi) is 5.41. The molecular formula is C22H40O2Si4. The van der Waals surface area contributed by atoms with Gasteiger partial charge in [0.25, 0.3) is 0 Å². The van der Waals surface area contributed by atoms with Crippen LogP contribution in [-0.4, -0.2) is 37.7 Å². The molecule has 3 atom stereocenters. The topological polar surface area (TPSA) is 18.5 Å². The standard InChI is InChI=1S/C22H40O2Si4/c1-23-20-14-11-18(12-15-20)22(24-25(2,3)4)19-13-16-21(17-19)28(22,26(5,6)7)27(8,9)10/h11-16,19,21H,17H2,1-10H3. The second kappa shape index (κ2) is 6.80. The summed E-state index contributed by atoms with van der Waals surface area (Å²) in [5.74, 6) is 1.49. The van der Waals surface area contributed by atoms with Crippen LogP contribution >= 0.6 is 0 Å². The molecule has 156 valence electrons. The molecule has 1 fully saturated rings. The van der Waals surface area contributed by atoms with Gasteiger partial charge in [-0.1, -0.05) is 63.6 Å². The summed E-state index contributed by atoms with van der Waals surface area (Å²) in [7, 11) is -4.80. The first-order valence-electron chi connectivity index (χ1n) is 10.7. The molecule has 2 bridgehead atoms. The minimum atomic E-state index is -1.81. The van der Waals surface area contributed by atoms with Gasteiger partial charge < -0.3 is 9.16 Å². The second-order valence-corrected chi connectivity index (χ2v) is 43.6. The first-order valence-corrected chi connectivity index (χ1v) is 25.2. The fraction of sp³-hybridized carbons (Fsp3) is 0.636. The predicted octanol–water partition coefficient (Wildman–Crippen LogP) is 6.52. The predicted molar refractivity (Wildman–Crippen MR) is 133 cm³/mol. The van der Waals surface area contributed by atoms with Gasteiger partial charge in [-0.25, -0.2) is 0 Å². The van der Waals surface area contributed by atoms with Crippen LogP contribution in [-0.2, 0) is 9.65 Å². The second-order valence-electron chi connectivity index (χ2n) is 11.8. The third-order valence-electron chi connectivity index (χ3n) is 7.10. The lowest BCUT2D eigenvalue weighted by Crippen LogP contribution is -2.83. The number of hydrogen-bond acceptors (Lipinski definition) is 2. The molecule has 28 heavy (non-hydrogen) atoms. The van der Waals surface area contributed by atoms with Crippen molar-refractivity contribution in [3.8, 4) is 5.75 Å². The molecule has 1 aliphatic carbocycles. The lowest BCUT2D eigenvalue weighted by molar-refractivity contribution is 0.105. The van der Waals surface area contributed by atoms with Crippen molar-refractivity contribution in [3.05, 3.63) is 42.0 Å². The summed E-state index contributed by atoms with van der Waals surface area (Å²) in [6, 6.07) is 9.01. The Bertz CT molecular complexity index is 739. The number of hydrogen-bond donors (Lipinski definition) is 0. The molecule has 0 radical (unpaired) electrons. The minimum Gasteiger partial charge on any atom is -0.497 e. The summed E-state index contributed by atoms with van der Waals surface area (Å²) < 4.78 is 13.0. The third kappa shape index (κ3) is 3.02. The Labute approximate surface area is 176 Å². The smallest absolute Gasteiger partial charge is 0.184 e. The molecule has 0 saturated carbocycles. The van der Waals surface area contributed by atoms with Gasteiger partial charge in [-0.15, -0.1) is 0 Å².